The molecule has 0 spiro atoms. The van der Waals surface area contributed by atoms with Gasteiger partial charge in [-0.2, -0.15) is 0 Å². The second kappa shape index (κ2) is 12.2. The van der Waals surface area contributed by atoms with Crippen LogP contribution in [-0.4, -0.2) is 0 Å². The van der Waals surface area contributed by atoms with E-state index in [1.54, 1.807) is 0 Å². The Morgan fingerprint density at radius 3 is 1.63 bits per heavy atom. The largest absolute Gasteiger partial charge is 0.203 e. The van der Waals surface area contributed by atoms with Crippen LogP contribution in [0.15, 0.2) is 12.1 Å². The first-order valence-corrected chi connectivity index (χ1v) is 13.1. The predicted octanol–water partition coefficient (Wildman–Crippen LogP) is 9.04. The summed E-state index contributed by atoms with van der Waals surface area (Å²) in [4.78, 5) is 0. The Kier molecular flexibility index (Phi) is 9.65. The van der Waals surface area contributed by atoms with Crippen molar-refractivity contribution >= 4 is 0 Å². The maximum Gasteiger partial charge on any atom is 0.162 e. The minimum atomic E-state index is -0.592. The van der Waals surface area contributed by atoms with Crippen LogP contribution in [0.2, 0.25) is 0 Å². The van der Waals surface area contributed by atoms with Crippen LogP contribution in [0.4, 0.5) is 8.78 Å². The molecule has 0 heterocycles. The van der Waals surface area contributed by atoms with Gasteiger partial charge in [0.05, 0.1) is 0 Å². The Labute approximate surface area is 184 Å². The molecule has 1 aromatic carbocycles. The third-order valence-electron chi connectivity index (χ3n) is 8.26. The summed E-state index contributed by atoms with van der Waals surface area (Å²) in [6.45, 7) is 4.45. The molecule has 2 aliphatic carbocycles. The lowest BCUT2D eigenvalue weighted by Crippen LogP contribution is -2.26. The van der Waals surface area contributed by atoms with Crippen molar-refractivity contribution in [1.29, 1.82) is 0 Å². The van der Waals surface area contributed by atoms with Crippen molar-refractivity contribution in [3.63, 3.8) is 0 Å². The van der Waals surface area contributed by atoms with Gasteiger partial charge < -0.3 is 0 Å². The minimum Gasteiger partial charge on any atom is -0.203 e. The van der Waals surface area contributed by atoms with E-state index in [0.29, 0.717) is 29.9 Å². The van der Waals surface area contributed by atoms with Crippen molar-refractivity contribution in [3.8, 4) is 0 Å². The van der Waals surface area contributed by atoms with Crippen molar-refractivity contribution < 1.29 is 8.78 Å². The van der Waals surface area contributed by atoms with Crippen LogP contribution in [0, 0.1) is 35.3 Å². The molecule has 0 N–H and O–H groups in total. The molecule has 2 saturated carbocycles. The number of hydrogen-bond donors (Lipinski definition) is 0. The van der Waals surface area contributed by atoms with E-state index in [-0.39, 0.29) is 0 Å². The van der Waals surface area contributed by atoms with Crippen LogP contribution >= 0.6 is 0 Å². The van der Waals surface area contributed by atoms with Crippen LogP contribution in [-0.2, 0) is 12.8 Å². The lowest BCUT2D eigenvalue weighted by molar-refractivity contribution is 0.141. The van der Waals surface area contributed by atoms with Gasteiger partial charge in [0, 0.05) is 0 Å². The van der Waals surface area contributed by atoms with Crippen LogP contribution in [0.5, 0.6) is 0 Å². The van der Waals surface area contributed by atoms with Gasteiger partial charge in [-0.15, -0.1) is 0 Å². The van der Waals surface area contributed by atoms with Gasteiger partial charge in [0.25, 0.3) is 0 Å². The van der Waals surface area contributed by atoms with Crippen LogP contribution in [0.25, 0.3) is 0 Å². The molecular formula is C28H44F2. The predicted molar refractivity (Wildman–Crippen MR) is 124 cm³/mol. The summed E-state index contributed by atoms with van der Waals surface area (Å²) >= 11 is 0. The molecule has 0 saturated heterocycles. The molecule has 0 aromatic heterocycles. The molecule has 0 radical (unpaired) electrons. The quantitative estimate of drug-likeness (QED) is 0.332. The zero-order chi connectivity index (χ0) is 21.3. The molecule has 30 heavy (non-hydrogen) atoms. The highest BCUT2D eigenvalue weighted by molar-refractivity contribution is 5.26. The van der Waals surface area contributed by atoms with E-state index < -0.39 is 11.6 Å². The van der Waals surface area contributed by atoms with Gasteiger partial charge in [0.15, 0.2) is 11.6 Å². The molecule has 0 nitrogen and oxygen atoms in total. The molecule has 0 atom stereocenters. The highest BCUT2D eigenvalue weighted by Crippen LogP contribution is 2.43. The monoisotopic (exact) mass is 418 g/mol. The lowest BCUT2D eigenvalue weighted by atomic mass is 9.68. The van der Waals surface area contributed by atoms with Gasteiger partial charge in [-0.1, -0.05) is 77.3 Å². The molecule has 170 valence electrons. The third-order valence-corrected chi connectivity index (χ3v) is 8.26. The molecule has 2 heteroatoms. The molecule has 0 aliphatic heterocycles. The summed E-state index contributed by atoms with van der Waals surface area (Å²) in [5, 5.41) is 0. The van der Waals surface area contributed by atoms with E-state index in [4.69, 9.17) is 0 Å². The Bertz CT molecular complexity index is 622. The zero-order valence-electron chi connectivity index (χ0n) is 19.5. The number of aryl methyl sites for hydroxylation is 2. The van der Waals surface area contributed by atoms with Crippen LogP contribution in [0.3, 0.4) is 0 Å². The van der Waals surface area contributed by atoms with Gasteiger partial charge in [0.2, 0.25) is 0 Å². The number of hydrogen-bond acceptors (Lipinski definition) is 0. The molecule has 2 aliphatic rings. The Hall–Kier alpha value is -0.920. The third kappa shape index (κ3) is 6.54. The summed E-state index contributed by atoms with van der Waals surface area (Å²) in [6.07, 6.45) is 19.4. The highest BCUT2D eigenvalue weighted by Gasteiger charge is 2.30. The van der Waals surface area contributed by atoms with Gasteiger partial charge >= 0.3 is 0 Å². The van der Waals surface area contributed by atoms with E-state index >= 15 is 0 Å². The Morgan fingerprint density at radius 2 is 1.13 bits per heavy atom. The topological polar surface area (TPSA) is 0 Å². The lowest BCUT2D eigenvalue weighted by Gasteiger charge is -2.38. The molecular weight excluding hydrogens is 374 g/mol. The van der Waals surface area contributed by atoms with E-state index in [2.05, 4.69) is 13.8 Å². The summed E-state index contributed by atoms with van der Waals surface area (Å²) in [5.74, 6) is 2.42. The molecule has 2 fully saturated rings. The van der Waals surface area contributed by atoms with E-state index in [9.17, 15) is 8.78 Å². The van der Waals surface area contributed by atoms with Gasteiger partial charge in [0.1, 0.15) is 0 Å². The Morgan fingerprint density at radius 1 is 0.633 bits per heavy atom. The van der Waals surface area contributed by atoms with E-state index in [0.717, 1.165) is 43.4 Å². The van der Waals surface area contributed by atoms with Crippen molar-refractivity contribution in [1.82, 2.24) is 0 Å². The van der Waals surface area contributed by atoms with Gasteiger partial charge in [-0.05, 0) is 86.2 Å². The smallest absolute Gasteiger partial charge is 0.162 e. The van der Waals surface area contributed by atoms with E-state index in [1.807, 2.05) is 12.1 Å². The minimum absolute atomic E-state index is 0.555. The summed E-state index contributed by atoms with van der Waals surface area (Å²) < 4.78 is 29.0. The molecule has 0 bridgehead atoms. The summed E-state index contributed by atoms with van der Waals surface area (Å²) in [5.41, 5.74) is 1.14. The summed E-state index contributed by atoms with van der Waals surface area (Å²) in [6, 6.07) is 3.68. The SMILES string of the molecule is CCCCCc1ccc(CCC2CCC(C3CCC(CCC)CC3)CC2)c(F)c1F. The second-order valence-electron chi connectivity index (χ2n) is 10.4. The fourth-order valence-electron chi connectivity index (χ4n) is 6.25. The van der Waals surface area contributed by atoms with Crippen molar-refractivity contribution in [3.05, 3.63) is 34.9 Å². The second-order valence-corrected chi connectivity index (χ2v) is 10.4. The van der Waals surface area contributed by atoms with Gasteiger partial charge in [-0.25, -0.2) is 8.78 Å². The maximum absolute atomic E-state index is 14.5. The number of unbranched alkanes of at least 4 members (excludes halogenated alkanes) is 2. The maximum atomic E-state index is 14.5. The van der Waals surface area contributed by atoms with Crippen LogP contribution < -0.4 is 0 Å². The zero-order valence-corrected chi connectivity index (χ0v) is 19.5. The van der Waals surface area contributed by atoms with E-state index in [1.165, 1.54) is 64.2 Å². The average Bonchev–Trinajstić information content (AvgIpc) is 2.77. The highest BCUT2D eigenvalue weighted by atomic mass is 19.2. The molecule has 0 unspecified atom stereocenters. The average molecular weight is 419 g/mol. The Balaban J connectivity index is 1.41. The van der Waals surface area contributed by atoms with Crippen molar-refractivity contribution in [2.45, 2.75) is 117 Å². The first-order valence-electron chi connectivity index (χ1n) is 13.1. The van der Waals surface area contributed by atoms with Gasteiger partial charge in [-0.3, -0.25) is 0 Å². The van der Waals surface area contributed by atoms with Crippen molar-refractivity contribution in [2.24, 2.45) is 23.7 Å². The standard InChI is InChI=1S/C28H44F2/c1-3-5-6-8-25-19-20-26(28(30)27(25)29)18-13-22-11-16-24(17-12-22)23-14-9-21(7-4-2)10-15-23/h19-24H,3-18H2,1-2H3. The fourth-order valence-corrected chi connectivity index (χ4v) is 6.25. The van der Waals surface area contributed by atoms with Crippen molar-refractivity contribution in [2.75, 3.05) is 0 Å². The number of rotatable bonds is 10. The first kappa shape index (κ1) is 23.7. The molecule has 1 aromatic rings. The molecule has 3 rings (SSSR count). The normalized spacial score (nSPS) is 27.3. The molecule has 0 amide bonds. The van der Waals surface area contributed by atoms with Crippen LogP contribution in [0.1, 0.15) is 115 Å². The number of halogens is 2. The number of benzene rings is 1. The summed E-state index contributed by atoms with van der Waals surface area (Å²) in [7, 11) is 0. The fraction of sp³-hybridized carbons (Fsp3) is 0.786. The first-order chi connectivity index (χ1) is 14.6.